The highest BCUT2D eigenvalue weighted by atomic mass is 35.5. The van der Waals surface area contributed by atoms with Gasteiger partial charge in [0.2, 0.25) is 5.28 Å². The first-order valence-electron chi connectivity index (χ1n) is 5.37. The molecule has 5 nitrogen and oxygen atoms in total. The number of nitrogens with zero attached hydrogens (tertiary/aromatic N) is 4. The van der Waals surface area contributed by atoms with Crippen molar-refractivity contribution in [1.82, 2.24) is 15.0 Å². The van der Waals surface area contributed by atoms with Crippen molar-refractivity contribution in [2.45, 2.75) is 13.0 Å². The van der Waals surface area contributed by atoms with E-state index in [1.807, 2.05) is 0 Å². The van der Waals surface area contributed by atoms with Crippen molar-refractivity contribution >= 4 is 39.1 Å². The molecule has 1 fully saturated rings. The molecule has 0 radical (unpaired) electrons. The van der Waals surface area contributed by atoms with Crippen LogP contribution in [0.4, 0.5) is 5.82 Å². The summed E-state index contributed by atoms with van der Waals surface area (Å²) in [7, 11) is 0. The Morgan fingerprint density at radius 1 is 1.53 bits per heavy atom. The van der Waals surface area contributed by atoms with E-state index in [0.717, 1.165) is 22.7 Å². The van der Waals surface area contributed by atoms with Crippen LogP contribution in [0.5, 0.6) is 0 Å². The summed E-state index contributed by atoms with van der Waals surface area (Å²) in [6.45, 7) is 4.32. The molecule has 7 heteroatoms. The maximum atomic E-state index is 5.95. The summed E-state index contributed by atoms with van der Waals surface area (Å²) in [5, 5.41) is 0.274. The highest BCUT2D eigenvalue weighted by Gasteiger charge is 2.23. The minimum absolute atomic E-state index is 0.274. The predicted octanol–water partition coefficient (Wildman–Crippen LogP) is 1.96. The smallest absolute Gasteiger partial charge is 0.225 e. The van der Waals surface area contributed by atoms with E-state index in [4.69, 9.17) is 16.3 Å². The van der Waals surface area contributed by atoms with Gasteiger partial charge in [-0.15, -0.1) is 11.3 Å². The molecule has 1 aliphatic rings. The first kappa shape index (κ1) is 11.1. The van der Waals surface area contributed by atoms with E-state index in [9.17, 15) is 0 Å². The molecule has 1 atom stereocenters. The Hall–Kier alpha value is -0.980. The van der Waals surface area contributed by atoms with Crippen LogP contribution in [-0.2, 0) is 4.74 Å². The minimum atomic E-state index is 0.274. The summed E-state index contributed by atoms with van der Waals surface area (Å²) >= 11 is 7.42. The second-order valence-corrected chi connectivity index (χ2v) is 5.11. The largest absolute Gasteiger partial charge is 0.377 e. The fourth-order valence-electron chi connectivity index (χ4n) is 1.96. The molecule has 0 amide bonds. The molecule has 0 saturated carbocycles. The molecule has 0 N–H and O–H groups in total. The average Bonchev–Trinajstić information content (AvgIpc) is 2.76. The van der Waals surface area contributed by atoms with E-state index >= 15 is 0 Å². The third kappa shape index (κ3) is 1.96. The van der Waals surface area contributed by atoms with E-state index in [0.29, 0.717) is 13.2 Å². The van der Waals surface area contributed by atoms with Crippen molar-refractivity contribution in [3.05, 3.63) is 10.8 Å². The molecular formula is C10H11ClN4OS. The quantitative estimate of drug-likeness (QED) is 0.742. The van der Waals surface area contributed by atoms with Crippen LogP contribution in [0.2, 0.25) is 5.28 Å². The molecule has 17 heavy (non-hydrogen) atoms. The number of halogens is 1. The van der Waals surface area contributed by atoms with Gasteiger partial charge in [-0.1, -0.05) is 0 Å². The second kappa shape index (κ2) is 4.36. The van der Waals surface area contributed by atoms with Gasteiger partial charge in [0, 0.05) is 6.54 Å². The topological polar surface area (TPSA) is 51.1 Å². The van der Waals surface area contributed by atoms with Crippen molar-refractivity contribution in [3.63, 3.8) is 0 Å². The number of anilines is 1. The molecule has 2 aromatic rings. The fraction of sp³-hybridized carbons (Fsp3) is 0.500. The summed E-state index contributed by atoms with van der Waals surface area (Å²) in [5.74, 6) is 0.817. The lowest BCUT2D eigenvalue weighted by atomic mass is 10.2. The Labute approximate surface area is 107 Å². The fourth-order valence-corrected chi connectivity index (χ4v) is 2.83. The molecule has 3 rings (SSSR count). The van der Waals surface area contributed by atoms with Crippen LogP contribution in [0.1, 0.15) is 6.92 Å². The molecule has 1 saturated heterocycles. The lowest BCUT2D eigenvalue weighted by Gasteiger charge is -2.34. The van der Waals surface area contributed by atoms with Crippen LogP contribution in [0.15, 0.2) is 5.51 Å². The van der Waals surface area contributed by atoms with Crippen molar-refractivity contribution in [2.75, 3.05) is 24.7 Å². The van der Waals surface area contributed by atoms with Crippen LogP contribution >= 0.6 is 22.9 Å². The normalized spacial score (nSPS) is 21.1. The Balaban J connectivity index is 2.11. The zero-order chi connectivity index (χ0) is 11.8. The van der Waals surface area contributed by atoms with Gasteiger partial charge in [-0.05, 0) is 18.5 Å². The van der Waals surface area contributed by atoms with Gasteiger partial charge in [-0.3, -0.25) is 0 Å². The molecule has 0 unspecified atom stereocenters. The summed E-state index contributed by atoms with van der Waals surface area (Å²) in [5.41, 5.74) is 2.60. The standard InChI is InChI=1S/C10H11ClN4OS/c1-6-4-16-3-2-15(6)8-7-9(17-5-12-7)14-10(11)13-8/h5-6H,2-4H2,1H3/t6-/m0/s1. The number of thiazole rings is 1. The molecule has 0 aromatic carbocycles. The number of fused-ring (bicyclic) bond motifs is 1. The lowest BCUT2D eigenvalue weighted by Crippen LogP contribution is -2.44. The number of hydrogen-bond donors (Lipinski definition) is 0. The van der Waals surface area contributed by atoms with Gasteiger partial charge >= 0.3 is 0 Å². The Morgan fingerprint density at radius 2 is 2.41 bits per heavy atom. The SMILES string of the molecule is C[C@H]1COCCN1c1nc(Cl)nc2scnc12. The third-order valence-electron chi connectivity index (χ3n) is 2.79. The molecular weight excluding hydrogens is 260 g/mol. The number of ether oxygens (including phenoxy) is 1. The van der Waals surface area contributed by atoms with Gasteiger partial charge in [0.15, 0.2) is 10.6 Å². The van der Waals surface area contributed by atoms with Gasteiger partial charge in [0.05, 0.1) is 24.8 Å². The Kier molecular flexibility index (Phi) is 2.85. The van der Waals surface area contributed by atoms with E-state index in [1.54, 1.807) is 5.51 Å². The van der Waals surface area contributed by atoms with Crippen molar-refractivity contribution in [1.29, 1.82) is 0 Å². The minimum Gasteiger partial charge on any atom is -0.377 e. The monoisotopic (exact) mass is 270 g/mol. The lowest BCUT2D eigenvalue weighted by molar-refractivity contribution is 0.0986. The summed E-state index contributed by atoms with van der Waals surface area (Å²) < 4.78 is 5.42. The van der Waals surface area contributed by atoms with Crippen LogP contribution in [-0.4, -0.2) is 40.8 Å². The molecule has 3 heterocycles. The first-order chi connectivity index (χ1) is 8.25. The van der Waals surface area contributed by atoms with Crippen LogP contribution in [0.25, 0.3) is 10.3 Å². The molecule has 90 valence electrons. The molecule has 2 aromatic heterocycles. The van der Waals surface area contributed by atoms with Gasteiger partial charge in [0.25, 0.3) is 0 Å². The van der Waals surface area contributed by atoms with E-state index < -0.39 is 0 Å². The molecule has 0 bridgehead atoms. The summed E-state index contributed by atoms with van der Waals surface area (Å²) in [6, 6.07) is 0.277. The zero-order valence-electron chi connectivity index (χ0n) is 9.26. The highest BCUT2D eigenvalue weighted by molar-refractivity contribution is 7.16. The maximum absolute atomic E-state index is 5.95. The Morgan fingerprint density at radius 3 is 3.24 bits per heavy atom. The van der Waals surface area contributed by atoms with Crippen LogP contribution in [0, 0.1) is 0 Å². The predicted molar refractivity (Wildman–Crippen MR) is 67.8 cm³/mol. The number of hydrogen-bond acceptors (Lipinski definition) is 6. The van der Waals surface area contributed by atoms with Crippen molar-refractivity contribution in [2.24, 2.45) is 0 Å². The van der Waals surface area contributed by atoms with E-state index in [1.165, 1.54) is 11.3 Å². The maximum Gasteiger partial charge on any atom is 0.225 e. The number of morpholine rings is 1. The van der Waals surface area contributed by atoms with Gasteiger partial charge < -0.3 is 9.64 Å². The van der Waals surface area contributed by atoms with Gasteiger partial charge in [-0.25, -0.2) is 9.97 Å². The van der Waals surface area contributed by atoms with Crippen molar-refractivity contribution < 1.29 is 4.74 Å². The van der Waals surface area contributed by atoms with E-state index in [2.05, 4.69) is 26.8 Å². The van der Waals surface area contributed by atoms with Gasteiger partial charge in [-0.2, -0.15) is 4.98 Å². The van der Waals surface area contributed by atoms with E-state index in [-0.39, 0.29) is 11.3 Å². The highest BCUT2D eigenvalue weighted by Crippen LogP contribution is 2.28. The average molecular weight is 271 g/mol. The summed E-state index contributed by atoms with van der Waals surface area (Å²) in [6.07, 6.45) is 0. The Bertz CT molecular complexity index is 546. The van der Waals surface area contributed by atoms with Crippen molar-refractivity contribution in [3.8, 4) is 0 Å². The first-order valence-corrected chi connectivity index (χ1v) is 6.62. The molecule has 1 aliphatic heterocycles. The summed E-state index contributed by atoms with van der Waals surface area (Å²) in [4.78, 5) is 15.8. The van der Waals surface area contributed by atoms with Gasteiger partial charge in [0.1, 0.15) is 5.52 Å². The number of aromatic nitrogens is 3. The van der Waals surface area contributed by atoms with Crippen LogP contribution < -0.4 is 4.90 Å². The zero-order valence-corrected chi connectivity index (χ0v) is 10.8. The third-order valence-corrected chi connectivity index (χ3v) is 3.68. The number of rotatable bonds is 1. The second-order valence-electron chi connectivity index (χ2n) is 3.94. The molecule has 0 spiro atoms. The van der Waals surface area contributed by atoms with Crippen LogP contribution in [0.3, 0.4) is 0 Å². The molecule has 0 aliphatic carbocycles.